The van der Waals surface area contributed by atoms with Crippen molar-refractivity contribution < 1.29 is 19.4 Å². The molecule has 23 heavy (non-hydrogen) atoms. The first-order valence-corrected chi connectivity index (χ1v) is 7.64. The molecule has 0 aliphatic heterocycles. The zero-order chi connectivity index (χ0) is 16.7. The van der Waals surface area contributed by atoms with Crippen LogP contribution in [0.1, 0.15) is 23.7 Å². The van der Waals surface area contributed by atoms with Crippen LogP contribution >= 0.6 is 15.9 Å². The number of ether oxygens (including phenoxy) is 1. The highest BCUT2D eigenvalue weighted by Gasteiger charge is 2.20. The molecule has 2 aromatic rings. The van der Waals surface area contributed by atoms with E-state index in [9.17, 15) is 9.59 Å². The number of benzene rings is 1. The summed E-state index contributed by atoms with van der Waals surface area (Å²) in [4.78, 5) is 27.0. The van der Waals surface area contributed by atoms with Gasteiger partial charge in [-0.3, -0.25) is 9.78 Å². The number of amides is 1. The normalized spacial score (nSPS) is 11.5. The molecule has 0 saturated heterocycles. The fraction of sp³-hybridized carbons (Fsp3) is 0.188. The van der Waals surface area contributed by atoms with Gasteiger partial charge < -0.3 is 15.2 Å². The summed E-state index contributed by atoms with van der Waals surface area (Å²) in [5.41, 5.74) is 1.30. The SMILES string of the molecule is O=C(O)C[C@H](NC(=O)OCc1ccccc1)c1ccc(Br)cn1. The maximum Gasteiger partial charge on any atom is 0.408 e. The first-order chi connectivity index (χ1) is 11.0. The molecule has 1 amide bonds. The lowest BCUT2D eigenvalue weighted by atomic mass is 10.1. The molecular formula is C16H15BrN2O4. The van der Waals surface area contributed by atoms with Gasteiger partial charge in [0.2, 0.25) is 0 Å². The quantitative estimate of drug-likeness (QED) is 0.804. The van der Waals surface area contributed by atoms with Crippen molar-refractivity contribution >= 4 is 28.0 Å². The van der Waals surface area contributed by atoms with Gasteiger partial charge in [-0.2, -0.15) is 0 Å². The summed E-state index contributed by atoms with van der Waals surface area (Å²) in [6.07, 6.45) is 0.570. The lowest BCUT2D eigenvalue weighted by Gasteiger charge is -2.16. The average Bonchev–Trinajstić information content (AvgIpc) is 2.53. The Labute approximate surface area is 141 Å². The minimum atomic E-state index is -1.04. The Balaban J connectivity index is 1.98. The molecule has 0 aliphatic rings. The number of carboxylic acids is 1. The Hall–Kier alpha value is -2.41. The Morgan fingerprint density at radius 3 is 2.57 bits per heavy atom. The first-order valence-electron chi connectivity index (χ1n) is 6.85. The van der Waals surface area contributed by atoms with E-state index in [1.807, 2.05) is 30.3 Å². The predicted molar refractivity (Wildman–Crippen MR) is 86.7 cm³/mol. The smallest absolute Gasteiger partial charge is 0.408 e. The van der Waals surface area contributed by atoms with Gasteiger partial charge in [-0.25, -0.2) is 4.79 Å². The van der Waals surface area contributed by atoms with Crippen molar-refractivity contribution in [2.45, 2.75) is 19.1 Å². The van der Waals surface area contributed by atoms with Gasteiger partial charge >= 0.3 is 12.1 Å². The molecule has 0 saturated carbocycles. The van der Waals surface area contributed by atoms with E-state index < -0.39 is 18.1 Å². The standard InChI is InChI=1S/C16H15BrN2O4/c17-12-6-7-13(18-9-12)14(8-15(20)21)19-16(22)23-10-11-4-2-1-3-5-11/h1-7,9,14H,8,10H2,(H,19,22)(H,20,21)/t14-/m0/s1. The van der Waals surface area contributed by atoms with Gasteiger partial charge in [0.15, 0.2) is 0 Å². The van der Waals surface area contributed by atoms with Crippen LogP contribution in [0.25, 0.3) is 0 Å². The molecule has 120 valence electrons. The number of carboxylic acid groups (broad SMARTS) is 1. The van der Waals surface area contributed by atoms with Gasteiger partial charge in [-0.15, -0.1) is 0 Å². The third-order valence-corrected chi connectivity index (χ3v) is 3.46. The van der Waals surface area contributed by atoms with E-state index in [-0.39, 0.29) is 13.0 Å². The molecule has 0 bridgehead atoms. The van der Waals surface area contributed by atoms with E-state index in [2.05, 4.69) is 26.2 Å². The second-order valence-corrected chi connectivity index (χ2v) is 5.67. The number of halogens is 1. The van der Waals surface area contributed by atoms with Crippen LogP contribution in [0.15, 0.2) is 53.1 Å². The molecule has 0 radical (unpaired) electrons. The lowest BCUT2D eigenvalue weighted by molar-refractivity contribution is -0.137. The van der Waals surface area contributed by atoms with Gasteiger partial charge in [-0.05, 0) is 33.6 Å². The van der Waals surface area contributed by atoms with Crippen LogP contribution < -0.4 is 5.32 Å². The van der Waals surface area contributed by atoms with Gasteiger partial charge in [0.05, 0.1) is 18.2 Å². The highest BCUT2D eigenvalue weighted by molar-refractivity contribution is 9.10. The number of pyridine rings is 1. The van der Waals surface area contributed by atoms with Crippen LogP contribution in [-0.2, 0) is 16.1 Å². The van der Waals surface area contributed by atoms with Crippen LogP contribution in [0.5, 0.6) is 0 Å². The third kappa shape index (κ3) is 5.71. The zero-order valence-electron chi connectivity index (χ0n) is 12.1. The molecule has 1 heterocycles. The predicted octanol–water partition coefficient (Wildman–Crippen LogP) is 3.29. The Morgan fingerprint density at radius 2 is 1.96 bits per heavy atom. The molecule has 0 unspecified atom stereocenters. The zero-order valence-corrected chi connectivity index (χ0v) is 13.7. The van der Waals surface area contributed by atoms with Gasteiger partial charge in [0.25, 0.3) is 0 Å². The molecule has 0 aliphatic carbocycles. The molecule has 1 atom stereocenters. The largest absolute Gasteiger partial charge is 0.481 e. The topological polar surface area (TPSA) is 88.5 Å². The summed E-state index contributed by atoms with van der Waals surface area (Å²) < 4.78 is 5.87. The van der Waals surface area contributed by atoms with Crippen LogP contribution in [0, 0.1) is 0 Å². The lowest BCUT2D eigenvalue weighted by Crippen LogP contribution is -2.31. The monoisotopic (exact) mass is 378 g/mol. The van der Waals surface area contributed by atoms with Crippen molar-refractivity contribution in [1.29, 1.82) is 0 Å². The number of rotatable bonds is 6. The number of aromatic nitrogens is 1. The highest BCUT2D eigenvalue weighted by atomic mass is 79.9. The number of aliphatic carboxylic acids is 1. The first kappa shape index (κ1) is 17.0. The Morgan fingerprint density at radius 1 is 1.22 bits per heavy atom. The molecular weight excluding hydrogens is 364 g/mol. The fourth-order valence-electron chi connectivity index (χ4n) is 1.90. The van der Waals surface area contributed by atoms with Gasteiger partial charge in [0.1, 0.15) is 6.61 Å². The molecule has 1 aromatic carbocycles. The molecule has 1 aromatic heterocycles. The van der Waals surface area contributed by atoms with Crippen molar-refractivity contribution in [1.82, 2.24) is 10.3 Å². The van der Waals surface area contributed by atoms with E-state index >= 15 is 0 Å². The van der Waals surface area contributed by atoms with Crippen molar-refractivity contribution in [3.8, 4) is 0 Å². The summed E-state index contributed by atoms with van der Waals surface area (Å²) in [7, 11) is 0. The molecule has 2 N–H and O–H groups in total. The van der Waals surface area contributed by atoms with Crippen molar-refractivity contribution in [3.63, 3.8) is 0 Å². The van der Waals surface area contributed by atoms with Crippen LogP contribution in [0.4, 0.5) is 4.79 Å². The molecule has 0 fully saturated rings. The van der Waals surface area contributed by atoms with Crippen molar-refractivity contribution in [2.75, 3.05) is 0 Å². The van der Waals surface area contributed by atoms with E-state index in [0.29, 0.717) is 5.69 Å². The minimum absolute atomic E-state index is 0.111. The third-order valence-electron chi connectivity index (χ3n) is 2.99. The molecule has 0 spiro atoms. The number of carbonyl (C=O) groups is 2. The fourth-order valence-corrected chi connectivity index (χ4v) is 2.14. The maximum atomic E-state index is 11.9. The highest BCUT2D eigenvalue weighted by Crippen LogP contribution is 2.17. The van der Waals surface area contributed by atoms with Crippen LogP contribution in [-0.4, -0.2) is 22.2 Å². The second-order valence-electron chi connectivity index (χ2n) is 4.76. The molecule has 2 rings (SSSR count). The van der Waals surface area contributed by atoms with Crippen LogP contribution in [0.2, 0.25) is 0 Å². The second kappa shape index (κ2) is 8.28. The number of hydrogen-bond acceptors (Lipinski definition) is 4. The Kier molecular flexibility index (Phi) is 6.10. The maximum absolute atomic E-state index is 11.9. The van der Waals surface area contributed by atoms with Crippen molar-refractivity contribution in [3.05, 3.63) is 64.4 Å². The minimum Gasteiger partial charge on any atom is -0.481 e. The van der Waals surface area contributed by atoms with E-state index in [4.69, 9.17) is 9.84 Å². The summed E-state index contributed by atoms with van der Waals surface area (Å²) in [5.74, 6) is -1.04. The van der Waals surface area contributed by atoms with Gasteiger partial charge in [-0.1, -0.05) is 30.3 Å². The number of nitrogens with one attached hydrogen (secondary N) is 1. The number of alkyl carbamates (subject to hydrolysis) is 1. The van der Waals surface area contributed by atoms with Gasteiger partial charge in [0, 0.05) is 10.7 Å². The summed E-state index contributed by atoms with van der Waals surface area (Å²) in [5, 5.41) is 11.5. The Bertz CT molecular complexity index is 662. The molecule has 6 nitrogen and oxygen atoms in total. The van der Waals surface area contributed by atoms with Crippen LogP contribution in [0.3, 0.4) is 0 Å². The average molecular weight is 379 g/mol. The molecule has 7 heteroatoms. The number of nitrogens with zero attached hydrogens (tertiary/aromatic N) is 1. The van der Waals surface area contributed by atoms with E-state index in [1.165, 1.54) is 0 Å². The van der Waals surface area contributed by atoms with E-state index in [1.54, 1.807) is 18.3 Å². The summed E-state index contributed by atoms with van der Waals surface area (Å²) in [6, 6.07) is 11.8. The summed E-state index contributed by atoms with van der Waals surface area (Å²) >= 11 is 3.26. The summed E-state index contributed by atoms with van der Waals surface area (Å²) in [6.45, 7) is 0.111. The number of carbonyl (C=O) groups excluding carboxylic acids is 1. The van der Waals surface area contributed by atoms with E-state index in [0.717, 1.165) is 10.0 Å². The van der Waals surface area contributed by atoms with Crippen molar-refractivity contribution in [2.24, 2.45) is 0 Å². The number of hydrogen-bond donors (Lipinski definition) is 2.